The predicted octanol–water partition coefficient (Wildman–Crippen LogP) is 0.895. The molecule has 210 valence electrons. The van der Waals surface area contributed by atoms with Crippen LogP contribution in [0.4, 0.5) is 0 Å². The fraction of sp³-hybridized carbons (Fsp3) is 0.786. The quantitative estimate of drug-likeness (QED) is 0.337. The van der Waals surface area contributed by atoms with E-state index >= 15 is 0 Å². The highest BCUT2D eigenvalue weighted by Gasteiger charge is 2.66. The van der Waals surface area contributed by atoms with Gasteiger partial charge in [-0.1, -0.05) is 18.6 Å². The SMILES string of the molecule is CC1=CC2(C)OC3C(=O)N(C)C(=O)C3C2N(C)C1C.CC1CC2(C)OC3C(=O)N(C)C(=O)C3C2N(C)C1C. The third kappa shape index (κ3) is 3.52. The lowest BCUT2D eigenvalue weighted by Crippen LogP contribution is -2.60. The van der Waals surface area contributed by atoms with E-state index in [4.69, 9.17) is 9.47 Å². The van der Waals surface area contributed by atoms with Gasteiger partial charge < -0.3 is 9.47 Å². The molecule has 0 aromatic rings. The Balaban J connectivity index is 0.000000155. The first-order chi connectivity index (χ1) is 17.6. The molecular formula is C28H42N4O6. The van der Waals surface area contributed by atoms with E-state index in [1.54, 1.807) is 7.05 Å². The summed E-state index contributed by atoms with van der Waals surface area (Å²) in [7, 11) is 7.15. The number of hydrogen-bond donors (Lipinski definition) is 0. The van der Waals surface area contributed by atoms with Crippen LogP contribution in [0, 0.1) is 17.8 Å². The number of hydrogen-bond acceptors (Lipinski definition) is 8. The fourth-order valence-corrected chi connectivity index (χ4v) is 8.13. The number of rotatable bonds is 0. The molecule has 10 nitrogen and oxygen atoms in total. The largest absolute Gasteiger partial charge is 0.360 e. The van der Waals surface area contributed by atoms with E-state index in [0.29, 0.717) is 12.0 Å². The van der Waals surface area contributed by atoms with Gasteiger partial charge in [-0.25, -0.2) is 0 Å². The van der Waals surface area contributed by atoms with E-state index in [9.17, 15) is 19.2 Å². The molecule has 6 heterocycles. The third-order valence-corrected chi connectivity index (χ3v) is 10.6. The van der Waals surface area contributed by atoms with Crippen molar-refractivity contribution in [1.82, 2.24) is 19.6 Å². The zero-order chi connectivity index (χ0) is 28.2. The van der Waals surface area contributed by atoms with Crippen LogP contribution in [-0.2, 0) is 28.7 Å². The molecule has 0 radical (unpaired) electrons. The highest BCUT2D eigenvalue weighted by Crippen LogP contribution is 2.50. The number of nitrogens with zero attached hydrogens (tertiary/aromatic N) is 4. The number of imide groups is 2. The molecule has 6 aliphatic heterocycles. The molecule has 0 bridgehead atoms. The van der Waals surface area contributed by atoms with E-state index in [1.807, 2.05) is 21.0 Å². The summed E-state index contributed by atoms with van der Waals surface area (Å²) in [6, 6.07) is 0.589. The van der Waals surface area contributed by atoms with Crippen molar-refractivity contribution in [3.05, 3.63) is 11.6 Å². The van der Waals surface area contributed by atoms with Crippen LogP contribution in [0.25, 0.3) is 0 Å². The molecule has 0 N–H and O–H groups in total. The van der Waals surface area contributed by atoms with Crippen molar-refractivity contribution in [2.75, 3.05) is 28.2 Å². The Hall–Kier alpha value is -2.14. The summed E-state index contributed by atoms with van der Waals surface area (Å²) in [6.07, 6.45) is 1.79. The van der Waals surface area contributed by atoms with Crippen molar-refractivity contribution < 1.29 is 28.7 Å². The molecule has 0 saturated carbocycles. The summed E-state index contributed by atoms with van der Waals surface area (Å²) in [5.41, 5.74) is 0.282. The highest BCUT2D eigenvalue weighted by molar-refractivity contribution is 6.08. The van der Waals surface area contributed by atoms with E-state index in [1.165, 1.54) is 22.4 Å². The first-order valence-corrected chi connectivity index (χ1v) is 13.7. The molecule has 11 unspecified atom stereocenters. The topological polar surface area (TPSA) is 99.7 Å². The minimum Gasteiger partial charge on any atom is -0.360 e. The summed E-state index contributed by atoms with van der Waals surface area (Å²) < 4.78 is 12.1. The number of fused-ring (bicyclic) bond motifs is 6. The number of carbonyl (C=O) groups excluding carboxylic acids is 4. The zero-order valence-corrected chi connectivity index (χ0v) is 24.2. The maximum Gasteiger partial charge on any atom is 0.258 e. The van der Waals surface area contributed by atoms with Gasteiger partial charge in [0.15, 0.2) is 12.2 Å². The Morgan fingerprint density at radius 2 is 1.26 bits per heavy atom. The van der Waals surface area contributed by atoms with Gasteiger partial charge in [0.25, 0.3) is 11.8 Å². The van der Waals surface area contributed by atoms with Crippen LogP contribution < -0.4 is 0 Å². The van der Waals surface area contributed by atoms with Crippen molar-refractivity contribution in [2.45, 2.75) is 95.5 Å². The molecule has 4 amide bonds. The summed E-state index contributed by atoms with van der Waals surface area (Å²) >= 11 is 0. The fourth-order valence-electron chi connectivity index (χ4n) is 8.13. The second-order valence-corrected chi connectivity index (χ2v) is 12.8. The van der Waals surface area contributed by atoms with Crippen LogP contribution in [0.2, 0.25) is 0 Å². The summed E-state index contributed by atoms with van der Waals surface area (Å²) in [5.74, 6) is -0.806. The molecule has 0 aromatic heterocycles. The number of likely N-dealkylation sites (N-methyl/N-ethyl adjacent to an activating group) is 4. The molecule has 10 heteroatoms. The Bertz CT molecular complexity index is 1120. The molecule has 0 aromatic carbocycles. The Labute approximate surface area is 225 Å². The normalized spacial score (nSPS) is 48.5. The van der Waals surface area contributed by atoms with Crippen LogP contribution in [-0.4, -0.2) is 119 Å². The van der Waals surface area contributed by atoms with E-state index in [0.717, 1.165) is 6.42 Å². The molecule has 0 aliphatic carbocycles. The summed E-state index contributed by atoms with van der Waals surface area (Å²) in [4.78, 5) is 55.7. The molecular weight excluding hydrogens is 488 g/mol. The lowest BCUT2D eigenvalue weighted by atomic mass is 9.74. The van der Waals surface area contributed by atoms with E-state index < -0.39 is 17.8 Å². The average Bonchev–Trinajstić information content (AvgIpc) is 3.46. The second kappa shape index (κ2) is 8.68. The minimum absolute atomic E-state index is 0.00472. The average molecular weight is 531 g/mol. The number of ether oxygens (including phenoxy) is 2. The van der Waals surface area contributed by atoms with Gasteiger partial charge in [-0.05, 0) is 61.1 Å². The van der Waals surface area contributed by atoms with E-state index in [-0.39, 0.29) is 59.2 Å². The minimum atomic E-state index is -0.621. The number of carbonyl (C=O) groups is 4. The maximum absolute atomic E-state index is 12.3. The lowest BCUT2D eigenvalue weighted by Gasteiger charge is -2.49. The Kier molecular flexibility index (Phi) is 6.26. The second-order valence-electron chi connectivity index (χ2n) is 12.8. The van der Waals surface area contributed by atoms with Crippen molar-refractivity contribution in [2.24, 2.45) is 17.8 Å². The summed E-state index contributed by atoms with van der Waals surface area (Å²) in [6.45, 7) is 12.6. The number of likely N-dealkylation sites (tertiary alicyclic amines) is 3. The molecule has 38 heavy (non-hydrogen) atoms. The molecule has 6 rings (SSSR count). The van der Waals surface area contributed by atoms with Gasteiger partial charge in [-0.3, -0.25) is 38.8 Å². The standard InChI is InChI=1S/C14H22N2O3.C14H20N2O3/c2*1-7-6-14(3)11(15(4)8(7)2)9-10(19-14)13(18)16(5)12(9)17/h7-11H,6H2,1-5H3;6,8-11H,1-5H3. The predicted molar refractivity (Wildman–Crippen MR) is 139 cm³/mol. The van der Waals surface area contributed by atoms with Gasteiger partial charge in [-0.15, -0.1) is 0 Å². The van der Waals surface area contributed by atoms with Gasteiger partial charge in [-0.2, -0.15) is 0 Å². The highest BCUT2D eigenvalue weighted by atomic mass is 16.5. The van der Waals surface area contributed by atoms with Crippen molar-refractivity contribution in [1.29, 1.82) is 0 Å². The van der Waals surface area contributed by atoms with Crippen molar-refractivity contribution in [3.8, 4) is 0 Å². The molecule has 5 fully saturated rings. The van der Waals surface area contributed by atoms with Gasteiger partial charge >= 0.3 is 0 Å². The first-order valence-electron chi connectivity index (χ1n) is 13.7. The van der Waals surface area contributed by atoms with Crippen molar-refractivity contribution in [3.63, 3.8) is 0 Å². The molecule has 6 aliphatic rings. The lowest BCUT2D eigenvalue weighted by molar-refractivity contribution is -0.153. The van der Waals surface area contributed by atoms with Gasteiger partial charge in [0.05, 0.1) is 29.5 Å². The Morgan fingerprint density at radius 1 is 0.763 bits per heavy atom. The van der Waals surface area contributed by atoms with Crippen LogP contribution in [0.1, 0.15) is 48.0 Å². The van der Waals surface area contributed by atoms with Gasteiger partial charge in [0.1, 0.15) is 5.60 Å². The van der Waals surface area contributed by atoms with Gasteiger partial charge in [0.2, 0.25) is 11.8 Å². The monoisotopic (exact) mass is 530 g/mol. The maximum atomic E-state index is 12.3. The summed E-state index contributed by atoms with van der Waals surface area (Å²) in [5, 5.41) is 0. The van der Waals surface area contributed by atoms with Crippen LogP contribution in [0.15, 0.2) is 11.6 Å². The van der Waals surface area contributed by atoms with Crippen LogP contribution in [0.3, 0.4) is 0 Å². The van der Waals surface area contributed by atoms with E-state index in [2.05, 4.69) is 50.5 Å². The van der Waals surface area contributed by atoms with Crippen molar-refractivity contribution >= 4 is 23.6 Å². The zero-order valence-electron chi connectivity index (χ0n) is 24.2. The molecule has 11 atom stereocenters. The van der Waals surface area contributed by atoms with Crippen LogP contribution in [0.5, 0.6) is 0 Å². The van der Waals surface area contributed by atoms with Gasteiger partial charge in [0, 0.05) is 26.2 Å². The van der Waals surface area contributed by atoms with Crippen LogP contribution >= 0.6 is 0 Å². The number of amides is 4. The third-order valence-electron chi connectivity index (χ3n) is 10.6. The Morgan fingerprint density at radius 3 is 1.82 bits per heavy atom. The number of piperidine rings is 1. The molecule has 0 spiro atoms. The first kappa shape index (κ1) is 27.4. The smallest absolute Gasteiger partial charge is 0.258 e. The molecule has 5 saturated heterocycles.